The molecule has 0 spiro atoms. The molecule has 9 heteroatoms. The zero-order valence-electron chi connectivity index (χ0n) is 15.8. The molecule has 2 aromatic rings. The Bertz CT molecular complexity index is 913. The molecule has 1 aliphatic rings. The fourth-order valence-electron chi connectivity index (χ4n) is 3.07. The number of hydrogen-bond acceptors (Lipinski definition) is 6. The number of carbonyl (C=O) groups is 1. The Morgan fingerprint density at radius 1 is 1.39 bits per heavy atom. The first kappa shape index (κ1) is 19.9. The number of nitro groups is 1. The molecule has 0 radical (unpaired) electrons. The third kappa shape index (κ3) is 4.33. The van der Waals surface area contributed by atoms with E-state index in [1.54, 1.807) is 20.8 Å². The highest BCUT2D eigenvalue weighted by Gasteiger charge is 2.34. The molecule has 0 saturated carbocycles. The number of benzene rings is 1. The van der Waals surface area contributed by atoms with E-state index in [9.17, 15) is 14.9 Å². The smallest absolute Gasteiger partial charge is 0.412 e. The Balaban J connectivity index is 2.02. The molecule has 1 unspecified atom stereocenters. The van der Waals surface area contributed by atoms with Crippen molar-refractivity contribution in [2.24, 2.45) is 0 Å². The minimum atomic E-state index is -0.662. The number of halogens is 1. The van der Waals surface area contributed by atoms with E-state index in [0.29, 0.717) is 13.0 Å². The summed E-state index contributed by atoms with van der Waals surface area (Å²) in [6, 6.07) is 9.03. The maximum Gasteiger partial charge on any atom is 0.412 e. The van der Waals surface area contributed by atoms with Crippen molar-refractivity contribution in [3.05, 3.63) is 62.9 Å². The first-order valence-electron chi connectivity index (χ1n) is 8.79. The molecule has 28 heavy (non-hydrogen) atoms. The fraction of sp³-hybridized carbons (Fsp3) is 0.368. The van der Waals surface area contributed by atoms with Gasteiger partial charge in [0.05, 0.1) is 4.92 Å². The van der Waals surface area contributed by atoms with Crippen molar-refractivity contribution in [2.45, 2.75) is 39.0 Å². The molecule has 148 valence electrons. The van der Waals surface area contributed by atoms with Gasteiger partial charge in [0.2, 0.25) is 0 Å². The Morgan fingerprint density at radius 2 is 2.11 bits per heavy atom. The number of ether oxygens (including phenoxy) is 1. The predicted octanol–water partition coefficient (Wildman–Crippen LogP) is 4.55. The highest BCUT2D eigenvalue weighted by molar-refractivity contribution is 6.29. The molecular weight excluding hydrogens is 384 g/mol. The van der Waals surface area contributed by atoms with Gasteiger partial charge in [-0.1, -0.05) is 35.9 Å². The number of rotatable bonds is 3. The lowest BCUT2D eigenvalue weighted by atomic mass is 9.97. The third-order valence-corrected chi connectivity index (χ3v) is 4.46. The van der Waals surface area contributed by atoms with Gasteiger partial charge in [-0.25, -0.2) is 9.78 Å². The van der Waals surface area contributed by atoms with Crippen molar-refractivity contribution in [3.8, 4) is 0 Å². The highest BCUT2D eigenvalue weighted by Crippen LogP contribution is 2.35. The highest BCUT2D eigenvalue weighted by atomic mass is 35.5. The third-order valence-electron chi connectivity index (χ3n) is 4.25. The molecule has 8 nitrogen and oxygen atoms in total. The van der Waals surface area contributed by atoms with Crippen molar-refractivity contribution >= 4 is 29.1 Å². The first-order chi connectivity index (χ1) is 13.2. The lowest BCUT2D eigenvalue weighted by molar-refractivity contribution is -0.384. The standard InChI is InChI=1S/C19H21ClN4O4/c1-19(2,3)28-18(25)23-9-8-12-6-4-5-7-13(12)17(23)22-14-10-16(20)21-11-15(14)24(26)27/h4-7,10-11,17H,8-9H2,1-3H3,(H,21,22). The Labute approximate surface area is 167 Å². The summed E-state index contributed by atoms with van der Waals surface area (Å²) in [4.78, 5) is 29.0. The number of nitrogens with one attached hydrogen (secondary N) is 1. The number of hydrogen-bond donors (Lipinski definition) is 1. The summed E-state index contributed by atoms with van der Waals surface area (Å²) in [5.41, 5.74) is 1.20. The van der Waals surface area contributed by atoms with Crippen LogP contribution in [0.1, 0.15) is 38.1 Å². The molecule has 0 aliphatic carbocycles. The van der Waals surface area contributed by atoms with Crippen molar-refractivity contribution in [3.63, 3.8) is 0 Å². The average molecular weight is 405 g/mol. The fourth-order valence-corrected chi connectivity index (χ4v) is 3.23. The van der Waals surface area contributed by atoms with Gasteiger partial charge in [-0.3, -0.25) is 15.0 Å². The van der Waals surface area contributed by atoms with Crippen LogP contribution in [0.15, 0.2) is 36.5 Å². The van der Waals surface area contributed by atoms with Crippen LogP contribution in [0, 0.1) is 10.1 Å². The summed E-state index contributed by atoms with van der Waals surface area (Å²) >= 11 is 5.95. The van der Waals surface area contributed by atoms with Crippen molar-refractivity contribution < 1.29 is 14.5 Å². The number of nitrogens with zero attached hydrogens (tertiary/aromatic N) is 3. The summed E-state index contributed by atoms with van der Waals surface area (Å²) in [5.74, 6) is 0. The summed E-state index contributed by atoms with van der Waals surface area (Å²) in [6.45, 7) is 5.78. The van der Waals surface area contributed by atoms with Crippen LogP contribution in [-0.4, -0.2) is 33.0 Å². The maximum absolute atomic E-state index is 12.8. The molecule has 1 amide bonds. The summed E-state index contributed by atoms with van der Waals surface area (Å²) in [5, 5.41) is 14.6. The Kier molecular flexibility index (Phi) is 5.42. The lowest BCUT2D eigenvalue weighted by Crippen LogP contribution is -2.45. The second-order valence-electron chi connectivity index (χ2n) is 7.45. The molecule has 1 N–H and O–H groups in total. The van der Waals surface area contributed by atoms with E-state index < -0.39 is 22.8 Å². The number of aromatic nitrogens is 1. The quantitative estimate of drug-likeness (QED) is 0.458. The van der Waals surface area contributed by atoms with Crippen molar-refractivity contribution in [1.82, 2.24) is 9.88 Å². The van der Waals surface area contributed by atoms with Crippen molar-refractivity contribution in [2.75, 3.05) is 11.9 Å². The van der Waals surface area contributed by atoms with E-state index in [-0.39, 0.29) is 16.5 Å². The van der Waals surface area contributed by atoms with Gasteiger partial charge in [-0.05, 0) is 38.3 Å². The van der Waals surface area contributed by atoms with Crippen LogP contribution in [0.4, 0.5) is 16.2 Å². The van der Waals surface area contributed by atoms with Crippen LogP contribution in [-0.2, 0) is 11.2 Å². The van der Waals surface area contributed by atoms with Gasteiger partial charge < -0.3 is 10.1 Å². The Morgan fingerprint density at radius 3 is 2.79 bits per heavy atom. The molecule has 0 bridgehead atoms. The lowest BCUT2D eigenvalue weighted by Gasteiger charge is -2.38. The zero-order chi connectivity index (χ0) is 20.5. The molecule has 1 aromatic heterocycles. The van der Waals surface area contributed by atoms with E-state index in [1.807, 2.05) is 24.3 Å². The number of carbonyl (C=O) groups excluding carboxylic acids is 1. The predicted molar refractivity (Wildman–Crippen MR) is 105 cm³/mol. The first-order valence-corrected chi connectivity index (χ1v) is 9.17. The second kappa shape index (κ2) is 7.63. The number of amides is 1. The normalized spacial score (nSPS) is 16.3. The van der Waals surface area contributed by atoms with E-state index in [0.717, 1.165) is 17.3 Å². The van der Waals surface area contributed by atoms with E-state index in [2.05, 4.69) is 10.3 Å². The van der Waals surface area contributed by atoms with E-state index in [4.69, 9.17) is 16.3 Å². The molecule has 0 saturated heterocycles. The molecule has 2 heterocycles. The van der Waals surface area contributed by atoms with Gasteiger partial charge >= 0.3 is 11.8 Å². The van der Waals surface area contributed by atoms with Gasteiger partial charge in [0, 0.05) is 12.6 Å². The van der Waals surface area contributed by atoms with Crippen molar-refractivity contribution in [1.29, 1.82) is 0 Å². The largest absolute Gasteiger partial charge is 0.444 e. The van der Waals surface area contributed by atoms with Gasteiger partial charge in [0.25, 0.3) is 0 Å². The SMILES string of the molecule is CC(C)(C)OC(=O)N1CCc2ccccc2C1Nc1cc(Cl)ncc1[N+](=O)[O-]. The van der Waals surface area contributed by atoms with Crippen LogP contribution in [0.3, 0.4) is 0 Å². The second-order valence-corrected chi connectivity index (χ2v) is 7.84. The molecular formula is C19H21ClN4O4. The number of pyridine rings is 1. The molecule has 1 aromatic carbocycles. The molecule has 3 rings (SSSR count). The van der Waals surface area contributed by atoms with Gasteiger partial charge in [-0.15, -0.1) is 0 Å². The minimum absolute atomic E-state index is 0.112. The van der Waals surface area contributed by atoms with E-state index in [1.165, 1.54) is 11.0 Å². The van der Waals surface area contributed by atoms with Gasteiger partial charge in [-0.2, -0.15) is 0 Å². The minimum Gasteiger partial charge on any atom is -0.444 e. The molecule has 1 aliphatic heterocycles. The van der Waals surface area contributed by atoms with Crippen LogP contribution < -0.4 is 5.32 Å². The summed E-state index contributed by atoms with van der Waals surface area (Å²) < 4.78 is 5.54. The molecule has 1 atom stereocenters. The van der Waals surface area contributed by atoms with Crippen LogP contribution >= 0.6 is 11.6 Å². The summed E-state index contributed by atoms with van der Waals surface area (Å²) in [6.07, 6.45) is 0.614. The average Bonchev–Trinajstić information content (AvgIpc) is 2.60. The molecule has 0 fully saturated rings. The van der Waals surface area contributed by atoms with Gasteiger partial charge in [0.15, 0.2) is 0 Å². The number of fused-ring (bicyclic) bond motifs is 1. The van der Waals surface area contributed by atoms with Gasteiger partial charge in [0.1, 0.15) is 28.8 Å². The Hall–Kier alpha value is -2.87. The monoisotopic (exact) mass is 404 g/mol. The van der Waals surface area contributed by atoms with Crippen LogP contribution in [0.5, 0.6) is 0 Å². The summed E-state index contributed by atoms with van der Waals surface area (Å²) in [7, 11) is 0. The van der Waals surface area contributed by atoms with E-state index >= 15 is 0 Å². The van der Waals surface area contributed by atoms with Crippen LogP contribution in [0.2, 0.25) is 5.15 Å². The zero-order valence-corrected chi connectivity index (χ0v) is 16.6. The van der Waals surface area contributed by atoms with Crippen LogP contribution in [0.25, 0.3) is 0 Å². The number of anilines is 1. The maximum atomic E-state index is 12.8. The topological polar surface area (TPSA) is 97.6 Å².